The number of rotatable bonds is 1. The van der Waals surface area contributed by atoms with Crippen LogP contribution in [0.15, 0.2) is 127 Å². The minimum Gasteiger partial charge on any atom is -0.310 e. The van der Waals surface area contributed by atoms with E-state index < -0.39 is 0 Å². The maximum atomic E-state index is 2.65. The Hall–Kier alpha value is -5.80. The Kier molecular flexibility index (Phi) is 5.99. The van der Waals surface area contributed by atoms with Crippen LogP contribution in [0.2, 0.25) is 0 Å². The zero-order valence-corrected chi connectivity index (χ0v) is 33.6. The van der Waals surface area contributed by atoms with Gasteiger partial charge in [-0.25, -0.2) is 0 Å². The molecule has 56 heavy (non-hydrogen) atoms. The van der Waals surface area contributed by atoms with E-state index in [1.54, 1.807) is 0 Å². The second-order valence-electron chi connectivity index (χ2n) is 19.4. The number of aromatic nitrogens is 2. The third-order valence-electron chi connectivity index (χ3n) is 13.8. The van der Waals surface area contributed by atoms with Gasteiger partial charge >= 0.3 is 0 Å². The summed E-state index contributed by atoms with van der Waals surface area (Å²) in [5, 5.41) is 5.35. The first kappa shape index (κ1) is 32.4. The number of benzene rings is 7. The summed E-state index contributed by atoms with van der Waals surface area (Å²) in [6, 6.07) is 49.7. The van der Waals surface area contributed by atoms with Crippen molar-refractivity contribution in [2.24, 2.45) is 0 Å². The molecule has 4 heterocycles. The standard InChI is InChI=1S/C53H45BN2/c1-51(2,3)32-20-17-30(18-21-32)31-19-23-42-47(25-31)55-44-16-12-10-14-35(44)38-28-39-37-27-36-34-13-9-11-15-40(34)53(7,8)41(36)29-46(37)56-45-24-22-33(52(4,5)6)26-43(45)54(42)48(49(38)55)50(39)56/h9-29H,1-8H3. The Morgan fingerprint density at radius 1 is 0.464 bits per heavy atom. The van der Waals surface area contributed by atoms with E-state index in [1.807, 2.05) is 0 Å². The summed E-state index contributed by atoms with van der Waals surface area (Å²) in [6.45, 7) is 18.8. The van der Waals surface area contributed by atoms with Crippen molar-refractivity contribution in [1.29, 1.82) is 0 Å². The lowest BCUT2D eigenvalue weighted by Gasteiger charge is -2.34. The van der Waals surface area contributed by atoms with Crippen LogP contribution in [0.3, 0.4) is 0 Å². The van der Waals surface area contributed by atoms with Gasteiger partial charge in [-0.05, 0) is 108 Å². The summed E-state index contributed by atoms with van der Waals surface area (Å²) in [5.41, 5.74) is 23.0. The van der Waals surface area contributed by atoms with Crippen molar-refractivity contribution in [2.45, 2.75) is 71.6 Å². The Morgan fingerprint density at radius 2 is 1.12 bits per heavy atom. The molecule has 0 spiro atoms. The Labute approximate surface area is 329 Å². The highest BCUT2D eigenvalue weighted by Gasteiger charge is 2.43. The van der Waals surface area contributed by atoms with E-state index in [-0.39, 0.29) is 23.0 Å². The summed E-state index contributed by atoms with van der Waals surface area (Å²) in [7, 11) is 0. The molecule has 270 valence electrons. The molecule has 1 aliphatic carbocycles. The molecule has 2 aliphatic heterocycles. The molecule has 0 fully saturated rings. The molecule has 2 aromatic heterocycles. The largest absolute Gasteiger partial charge is 0.310 e. The van der Waals surface area contributed by atoms with Crippen LogP contribution in [-0.2, 0) is 16.2 Å². The van der Waals surface area contributed by atoms with E-state index in [0.717, 1.165) is 0 Å². The van der Waals surface area contributed by atoms with Crippen molar-refractivity contribution >= 4 is 66.7 Å². The summed E-state index contributed by atoms with van der Waals surface area (Å²) in [6.07, 6.45) is 0. The van der Waals surface area contributed by atoms with Gasteiger partial charge in [0.1, 0.15) is 0 Å². The maximum Gasteiger partial charge on any atom is 0.252 e. The Morgan fingerprint density at radius 3 is 1.89 bits per heavy atom. The predicted molar refractivity (Wildman–Crippen MR) is 240 cm³/mol. The molecule has 12 rings (SSSR count). The van der Waals surface area contributed by atoms with Crippen LogP contribution in [0, 0.1) is 0 Å². The predicted octanol–water partition coefficient (Wildman–Crippen LogP) is 11.6. The van der Waals surface area contributed by atoms with Gasteiger partial charge in [-0.1, -0.05) is 146 Å². The van der Waals surface area contributed by atoms with Gasteiger partial charge in [-0.3, -0.25) is 0 Å². The smallest absolute Gasteiger partial charge is 0.252 e. The fourth-order valence-corrected chi connectivity index (χ4v) is 10.9. The highest BCUT2D eigenvalue weighted by atomic mass is 15.0. The normalized spacial score (nSPS) is 14.9. The second kappa shape index (κ2) is 10.3. The SMILES string of the molecule is CC(C)(C)c1ccc(-c2ccc3c(c2)-n2c4ccccc4c4cc5c6cc7c(cc6n6c5c(c42)B3c2cc(C(C)(C)C)ccc2-6)C(C)(C)c2ccccc2-7)cc1. The minimum atomic E-state index is -0.0809. The van der Waals surface area contributed by atoms with Gasteiger partial charge in [0.05, 0.1) is 22.1 Å². The van der Waals surface area contributed by atoms with Crippen LogP contribution < -0.4 is 16.4 Å². The highest BCUT2D eigenvalue weighted by Crippen LogP contribution is 2.52. The van der Waals surface area contributed by atoms with Crippen molar-refractivity contribution in [3.8, 4) is 33.6 Å². The number of hydrogen-bond donors (Lipinski definition) is 0. The molecule has 0 atom stereocenters. The average molecular weight is 721 g/mol. The van der Waals surface area contributed by atoms with E-state index >= 15 is 0 Å². The summed E-state index contributed by atoms with van der Waals surface area (Å²) in [4.78, 5) is 0. The van der Waals surface area contributed by atoms with Gasteiger partial charge in [-0.2, -0.15) is 0 Å². The molecule has 3 aliphatic rings. The van der Waals surface area contributed by atoms with Crippen LogP contribution in [0.25, 0.3) is 77.2 Å². The Bertz CT molecular complexity index is 3230. The first-order valence-corrected chi connectivity index (χ1v) is 20.4. The molecule has 0 radical (unpaired) electrons. The van der Waals surface area contributed by atoms with Gasteiger partial charge in [0.15, 0.2) is 0 Å². The molecular weight excluding hydrogens is 675 g/mol. The molecule has 2 nitrogen and oxygen atoms in total. The molecule has 9 aromatic rings. The lowest BCUT2D eigenvalue weighted by atomic mass is 9.34. The van der Waals surface area contributed by atoms with Gasteiger partial charge in [0.2, 0.25) is 0 Å². The molecular formula is C53H45BN2. The van der Waals surface area contributed by atoms with Crippen molar-refractivity contribution in [3.63, 3.8) is 0 Å². The summed E-state index contributed by atoms with van der Waals surface area (Å²) < 4.78 is 5.26. The summed E-state index contributed by atoms with van der Waals surface area (Å²) >= 11 is 0. The van der Waals surface area contributed by atoms with E-state index in [2.05, 4.69) is 192 Å². The fourth-order valence-electron chi connectivity index (χ4n) is 10.9. The van der Waals surface area contributed by atoms with Crippen LogP contribution >= 0.6 is 0 Å². The van der Waals surface area contributed by atoms with E-state index in [0.29, 0.717) is 0 Å². The van der Waals surface area contributed by atoms with Crippen molar-refractivity contribution in [3.05, 3.63) is 150 Å². The number of hydrogen-bond acceptors (Lipinski definition) is 0. The number of nitrogens with zero attached hydrogens (tertiary/aromatic N) is 2. The Balaban J connectivity index is 1.24. The second-order valence-corrected chi connectivity index (χ2v) is 19.4. The van der Waals surface area contributed by atoms with E-state index in [1.165, 1.54) is 116 Å². The average Bonchev–Trinajstić information content (AvgIpc) is 3.77. The lowest BCUT2D eigenvalue weighted by molar-refractivity contribution is 0.590. The van der Waals surface area contributed by atoms with Crippen molar-refractivity contribution in [1.82, 2.24) is 9.13 Å². The van der Waals surface area contributed by atoms with Crippen LogP contribution in [0.4, 0.5) is 0 Å². The van der Waals surface area contributed by atoms with Crippen molar-refractivity contribution in [2.75, 3.05) is 0 Å². The first-order valence-electron chi connectivity index (χ1n) is 20.4. The molecule has 0 N–H and O–H groups in total. The molecule has 7 aromatic carbocycles. The summed E-state index contributed by atoms with van der Waals surface area (Å²) in [5.74, 6) is 0. The van der Waals surface area contributed by atoms with Crippen molar-refractivity contribution < 1.29 is 0 Å². The van der Waals surface area contributed by atoms with Gasteiger partial charge < -0.3 is 9.13 Å². The van der Waals surface area contributed by atoms with E-state index in [9.17, 15) is 0 Å². The van der Waals surface area contributed by atoms with Crippen LogP contribution in [-0.4, -0.2) is 15.8 Å². The lowest BCUT2D eigenvalue weighted by Crippen LogP contribution is -2.59. The van der Waals surface area contributed by atoms with Gasteiger partial charge in [-0.15, -0.1) is 0 Å². The number of fused-ring (bicyclic) bond motifs is 15. The minimum absolute atomic E-state index is 0.0154. The zero-order chi connectivity index (χ0) is 38.2. The molecule has 0 bridgehead atoms. The maximum absolute atomic E-state index is 2.65. The topological polar surface area (TPSA) is 9.86 Å². The van der Waals surface area contributed by atoms with Crippen LogP contribution in [0.5, 0.6) is 0 Å². The fraction of sp³-hybridized carbons (Fsp3) is 0.208. The monoisotopic (exact) mass is 720 g/mol. The highest BCUT2D eigenvalue weighted by molar-refractivity contribution is 7.00. The third kappa shape index (κ3) is 3.98. The number of para-hydroxylation sites is 1. The molecule has 0 saturated carbocycles. The van der Waals surface area contributed by atoms with Gasteiger partial charge in [0.25, 0.3) is 6.71 Å². The van der Waals surface area contributed by atoms with Crippen LogP contribution in [0.1, 0.15) is 77.6 Å². The molecule has 3 heteroatoms. The first-order chi connectivity index (χ1) is 26.8. The van der Waals surface area contributed by atoms with Gasteiger partial charge in [0, 0.05) is 38.3 Å². The zero-order valence-electron chi connectivity index (χ0n) is 33.6. The molecule has 0 saturated heterocycles. The third-order valence-corrected chi connectivity index (χ3v) is 13.8. The van der Waals surface area contributed by atoms with E-state index in [4.69, 9.17) is 0 Å². The molecule has 0 amide bonds. The quantitative estimate of drug-likeness (QED) is 0.149. The molecule has 0 unspecified atom stereocenters.